The molecule has 0 aliphatic heterocycles. The summed E-state index contributed by atoms with van der Waals surface area (Å²) in [5, 5.41) is 9.14. The molecule has 0 saturated carbocycles. The van der Waals surface area contributed by atoms with E-state index in [1.807, 2.05) is 0 Å². The largest absolute Gasteiger partial charge is 0.478 e. The lowest BCUT2D eigenvalue weighted by Gasteiger charge is -2.08. The number of ether oxygens (including phenoxy) is 1. The van der Waals surface area contributed by atoms with Crippen molar-refractivity contribution in [3.8, 4) is 22.8 Å². The molecule has 5 nitrogen and oxygen atoms in total. The number of aromatic carboxylic acids is 1. The molecule has 1 N–H and O–H groups in total. The van der Waals surface area contributed by atoms with Crippen molar-refractivity contribution in [1.29, 1.82) is 0 Å². The zero-order valence-electron chi connectivity index (χ0n) is 11.9. The zero-order chi connectivity index (χ0) is 16.2. The highest BCUT2D eigenvalue weighted by Crippen LogP contribution is 2.28. The van der Waals surface area contributed by atoms with E-state index in [9.17, 15) is 9.59 Å². The van der Waals surface area contributed by atoms with E-state index in [0.717, 1.165) is 5.56 Å². The van der Waals surface area contributed by atoms with Crippen LogP contribution in [0.5, 0.6) is 11.5 Å². The van der Waals surface area contributed by atoms with Gasteiger partial charge in [-0.1, -0.05) is 12.1 Å². The molecular weight excluding hydrogens is 296 g/mol. The van der Waals surface area contributed by atoms with E-state index >= 15 is 0 Å². The monoisotopic (exact) mass is 308 g/mol. The first-order valence-electron chi connectivity index (χ1n) is 6.83. The number of furan rings is 1. The number of hydrogen-bond donors (Lipinski definition) is 1. The quantitative estimate of drug-likeness (QED) is 0.713. The maximum absolute atomic E-state index is 11.2. The van der Waals surface area contributed by atoms with Gasteiger partial charge in [0.1, 0.15) is 22.8 Å². The van der Waals surface area contributed by atoms with Crippen molar-refractivity contribution in [3.63, 3.8) is 0 Å². The van der Waals surface area contributed by atoms with Crippen molar-refractivity contribution in [2.24, 2.45) is 0 Å². The third kappa shape index (κ3) is 3.13. The van der Waals surface area contributed by atoms with E-state index in [0.29, 0.717) is 17.8 Å². The van der Waals surface area contributed by atoms with E-state index in [-0.39, 0.29) is 17.1 Å². The molecule has 0 unspecified atom stereocenters. The minimum absolute atomic E-state index is 0.0956. The van der Waals surface area contributed by atoms with E-state index in [4.69, 9.17) is 14.3 Å². The molecule has 0 atom stereocenters. The number of carboxylic acid groups (broad SMARTS) is 1. The Morgan fingerprint density at radius 3 is 2.39 bits per heavy atom. The lowest BCUT2D eigenvalue weighted by molar-refractivity contribution is 0.0694. The van der Waals surface area contributed by atoms with Crippen LogP contribution in [-0.2, 0) is 0 Å². The Labute approximate surface area is 131 Å². The molecule has 1 heterocycles. The Morgan fingerprint density at radius 1 is 1.00 bits per heavy atom. The van der Waals surface area contributed by atoms with Gasteiger partial charge in [0.2, 0.25) is 0 Å². The van der Waals surface area contributed by atoms with Gasteiger partial charge in [-0.2, -0.15) is 0 Å². The molecule has 5 heteroatoms. The molecule has 0 aliphatic rings. The summed E-state index contributed by atoms with van der Waals surface area (Å²) in [6.07, 6.45) is 0.643. The molecule has 0 fully saturated rings. The van der Waals surface area contributed by atoms with Crippen molar-refractivity contribution < 1.29 is 23.8 Å². The number of rotatable bonds is 5. The standard InChI is InChI=1S/C18H12O5/c19-11-14-9-10-16(23-14)12-5-7-13(8-6-12)22-17-4-2-1-3-15(17)18(20)21/h1-11H,(H,20,21). The molecule has 0 saturated heterocycles. The smallest absolute Gasteiger partial charge is 0.339 e. The number of carbonyl (C=O) groups excluding carboxylic acids is 1. The minimum Gasteiger partial charge on any atom is -0.478 e. The molecule has 0 spiro atoms. The average Bonchev–Trinajstić information content (AvgIpc) is 3.05. The lowest BCUT2D eigenvalue weighted by Crippen LogP contribution is -1.99. The molecule has 0 amide bonds. The molecule has 0 bridgehead atoms. The van der Waals surface area contributed by atoms with E-state index in [1.54, 1.807) is 54.6 Å². The highest BCUT2D eigenvalue weighted by molar-refractivity contribution is 5.90. The lowest BCUT2D eigenvalue weighted by atomic mass is 10.1. The van der Waals surface area contributed by atoms with Crippen LogP contribution in [0.4, 0.5) is 0 Å². The number of carbonyl (C=O) groups is 2. The Bertz CT molecular complexity index is 846. The summed E-state index contributed by atoms with van der Waals surface area (Å²) in [7, 11) is 0. The summed E-state index contributed by atoms with van der Waals surface area (Å²) in [6, 6.07) is 16.7. The van der Waals surface area contributed by atoms with Crippen molar-refractivity contribution in [2.75, 3.05) is 0 Å². The fourth-order valence-electron chi connectivity index (χ4n) is 2.12. The molecule has 2 aromatic carbocycles. The molecule has 114 valence electrons. The van der Waals surface area contributed by atoms with Crippen LogP contribution < -0.4 is 4.74 Å². The number of hydrogen-bond acceptors (Lipinski definition) is 4. The van der Waals surface area contributed by atoms with Gasteiger partial charge in [-0.3, -0.25) is 4.79 Å². The predicted molar refractivity (Wildman–Crippen MR) is 83.0 cm³/mol. The Kier molecular flexibility index (Phi) is 3.93. The van der Waals surface area contributed by atoms with Crippen LogP contribution in [0.25, 0.3) is 11.3 Å². The number of benzene rings is 2. The molecule has 23 heavy (non-hydrogen) atoms. The van der Waals surface area contributed by atoms with Gasteiger partial charge in [0, 0.05) is 5.56 Å². The number of carboxylic acids is 1. The first kappa shape index (κ1) is 14.6. The van der Waals surface area contributed by atoms with Crippen LogP contribution in [0, 0.1) is 0 Å². The topological polar surface area (TPSA) is 76.7 Å². The molecule has 0 aliphatic carbocycles. The van der Waals surface area contributed by atoms with E-state index in [2.05, 4.69) is 0 Å². The predicted octanol–water partition coefficient (Wildman–Crippen LogP) is 4.25. The summed E-state index contributed by atoms with van der Waals surface area (Å²) in [4.78, 5) is 21.8. The van der Waals surface area contributed by atoms with Crippen LogP contribution >= 0.6 is 0 Å². The van der Waals surface area contributed by atoms with Gasteiger partial charge in [-0.25, -0.2) is 4.79 Å². The van der Waals surface area contributed by atoms with Crippen molar-refractivity contribution in [1.82, 2.24) is 0 Å². The molecular formula is C18H12O5. The second kappa shape index (κ2) is 6.19. The van der Waals surface area contributed by atoms with Gasteiger partial charge in [0.15, 0.2) is 12.0 Å². The summed E-state index contributed by atoms with van der Waals surface area (Å²) in [6.45, 7) is 0. The maximum Gasteiger partial charge on any atom is 0.339 e. The average molecular weight is 308 g/mol. The van der Waals surface area contributed by atoms with E-state index in [1.165, 1.54) is 6.07 Å². The summed E-state index contributed by atoms with van der Waals surface area (Å²) < 4.78 is 11.0. The molecule has 0 radical (unpaired) electrons. The SMILES string of the molecule is O=Cc1ccc(-c2ccc(Oc3ccccc3C(=O)O)cc2)o1. The third-order valence-electron chi connectivity index (χ3n) is 3.23. The second-order valence-corrected chi connectivity index (χ2v) is 4.75. The van der Waals surface area contributed by atoms with E-state index < -0.39 is 5.97 Å². The maximum atomic E-state index is 11.2. The Balaban J connectivity index is 1.83. The minimum atomic E-state index is -1.05. The number of aldehydes is 1. The van der Waals surface area contributed by atoms with Gasteiger partial charge >= 0.3 is 5.97 Å². The Hall–Kier alpha value is -3.34. The van der Waals surface area contributed by atoms with Crippen LogP contribution in [-0.4, -0.2) is 17.4 Å². The highest BCUT2D eigenvalue weighted by atomic mass is 16.5. The van der Waals surface area contributed by atoms with Gasteiger partial charge in [-0.05, 0) is 48.5 Å². The molecule has 3 aromatic rings. The molecule has 3 rings (SSSR count). The second-order valence-electron chi connectivity index (χ2n) is 4.75. The molecule has 1 aromatic heterocycles. The normalized spacial score (nSPS) is 10.3. The van der Waals surface area contributed by atoms with Crippen LogP contribution in [0.3, 0.4) is 0 Å². The van der Waals surface area contributed by atoms with Crippen molar-refractivity contribution >= 4 is 12.3 Å². The number of para-hydroxylation sites is 1. The van der Waals surface area contributed by atoms with Gasteiger partial charge in [-0.15, -0.1) is 0 Å². The van der Waals surface area contributed by atoms with Crippen LogP contribution in [0.1, 0.15) is 20.9 Å². The Morgan fingerprint density at radius 2 is 1.74 bits per heavy atom. The van der Waals surface area contributed by atoms with Crippen LogP contribution in [0.15, 0.2) is 65.1 Å². The van der Waals surface area contributed by atoms with Gasteiger partial charge in [0.05, 0.1) is 0 Å². The van der Waals surface area contributed by atoms with Crippen LogP contribution in [0.2, 0.25) is 0 Å². The first-order chi connectivity index (χ1) is 11.2. The fraction of sp³-hybridized carbons (Fsp3) is 0. The first-order valence-corrected chi connectivity index (χ1v) is 6.83. The van der Waals surface area contributed by atoms with Crippen molar-refractivity contribution in [3.05, 3.63) is 72.0 Å². The highest BCUT2D eigenvalue weighted by Gasteiger charge is 2.11. The summed E-state index contributed by atoms with van der Waals surface area (Å²) in [5.41, 5.74) is 0.884. The fourth-order valence-corrected chi connectivity index (χ4v) is 2.12. The third-order valence-corrected chi connectivity index (χ3v) is 3.23. The van der Waals surface area contributed by atoms with Crippen molar-refractivity contribution in [2.45, 2.75) is 0 Å². The van der Waals surface area contributed by atoms with Gasteiger partial charge in [0.25, 0.3) is 0 Å². The zero-order valence-corrected chi connectivity index (χ0v) is 11.9. The summed E-state index contributed by atoms with van der Waals surface area (Å²) in [5.74, 6) is 0.563. The van der Waals surface area contributed by atoms with Gasteiger partial charge < -0.3 is 14.3 Å². The summed E-state index contributed by atoms with van der Waals surface area (Å²) >= 11 is 0.